The lowest BCUT2D eigenvalue weighted by Crippen LogP contribution is -2.36. The minimum absolute atomic E-state index is 0.207. The molecule has 0 bridgehead atoms. The van der Waals surface area contributed by atoms with Gasteiger partial charge in [-0.25, -0.2) is 4.79 Å². The van der Waals surface area contributed by atoms with Crippen molar-refractivity contribution in [2.24, 2.45) is 7.05 Å². The van der Waals surface area contributed by atoms with Crippen LogP contribution in [0.15, 0.2) is 16.9 Å². The number of aryl methyl sites for hydroxylation is 1. The van der Waals surface area contributed by atoms with E-state index in [9.17, 15) is 4.79 Å². The van der Waals surface area contributed by atoms with Crippen LogP contribution in [0.1, 0.15) is 12.0 Å². The van der Waals surface area contributed by atoms with E-state index in [1.807, 2.05) is 23.9 Å². The smallest absolute Gasteiger partial charge is 0.410 e. The highest BCUT2D eigenvalue weighted by molar-refractivity contribution is 9.10. The fourth-order valence-electron chi connectivity index (χ4n) is 1.65. The molecule has 2 heterocycles. The van der Waals surface area contributed by atoms with E-state index >= 15 is 0 Å². The van der Waals surface area contributed by atoms with Crippen molar-refractivity contribution in [3.05, 3.63) is 22.4 Å². The maximum Gasteiger partial charge on any atom is 0.410 e. The summed E-state index contributed by atoms with van der Waals surface area (Å²) in [7, 11) is 1.96. The summed E-state index contributed by atoms with van der Waals surface area (Å²) in [6.45, 7) is 1.96. The molecule has 1 aliphatic rings. The van der Waals surface area contributed by atoms with Crippen LogP contribution in [-0.4, -0.2) is 28.7 Å². The van der Waals surface area contributed by atoms with Crippen LogP contribution in [-0.2, 0) is 18.3 Å². The summed E-state index contributed by atoms with van der Waals surface area (Å²) in [5.41, 5.74) is 1.11. The van der Waals surface area contributed by atoms with E-state index in [0.717, 1.165) is 23.1 Å². The second kappa shape index (κ2) is 4.26. The number of amides is 1. The summed E-state index contributed by atoms with van der Waals surface area (Å²) < 4.78 is 7.96. The highest BCUT2D eigenvalue weighted by atomic mass is 79.9. The molecule has 0 unspecified atom stereocenters. The molecule has 0 aromatic carbocycles. The van der Waals surface area contributed by atoms with Gasteiger partial charge < -0.3 is 14.2 Å². The minimum atomic E-state index is -0.207. The number of aromatic nitrogens is 1. The quantitative estimate of drug-likeness (QED) is 0.827. The monoisotopic (exact) mass is 272 g/mol. The molecule has 5 heteroatoms. The molecule has 0 atom stereocenters. The Bertz CT molecular complexity index is 356. The maximum absolute atomic E-state index is 11.4. The number of hydrogen-bond acceptors (Lipinski definition) is 2. The van der Waals surface area contributed by atoms with Gasteiger partial charge in [0.05, 0.1) is 17.8 Å². The fourth-order valence-corrected chi connectivity index (χ4v) is 2.05. The summed E-state index contributed by atoms with van der Waals surface area (Å²) in [4.78, 5) is 13.1. The van der Waals surface area contributed by atoms with Crippen molar-refractivity contribution in [1.29, 1.82) is 0 Å². The standard InChI is InChI=1S/C10H13BrN2O2/c1-12-6-8(5-9(12)11)7-13-3-2-4-15-10(13)14/h5-6H,2-4,7H2,1H3. The Morgan fingerprint density at radius 2 is 2.40 bits per heavy atom. The Morgan fingerprint density at radius 3 is 3.00 bits per heavy atom. The van der Waals surface area contributed by atoms with Crippen molar-refractivity contribution < 1.29 is 9.53 Å². The van der Waals surface area contributed by atoms with Gasteiger partial charge in [-0.15, -0.1) is 0 Å². The molecular formula is C10H13BrN2O2. The predicted molar refractivity (Wildman–Crippen MR) is 59.5 cm³/mol. The lowest BCUT2D eigenvalue weighted by molar-refractivity contribution is 0.0700. The van der Waals surface area contributed by atoms with Crippen molar-refractivity contribution in [3.63, 3.8) is 0 Å². The van der Waals surface area contributed by atoms with E-state index < -0.39 is 0 Å². The van der Waals surface area contributed by atoms with E-state index in [1.54, 1.807) is 4.90 Å². The SMILES string of the molecule is Cn1cc(CN2CCCOC2=O)cc1Br. The summed E-state index contributed by atoms with van der Waals surface area (Å²) in [5, 5.41) is 0. The summed E-state index contributed by atoms with van der Waals surface area (Å²) >= 11 is 3.42. The first kappa shape index (κ1) is 10.5. The van der Waals surface area contributed by atoms with Crippen molar-refractivity contribution >= 4 is 22.0 Å². The third-order valence-electron chi connectivity index (χ3n) is 2.43. The molecule has 1 saturated heterocycles. The number of cyclic esters (lactones) is 1. The molecule has 0 aliphatic carbocycles. The number of carbonyl (C=O) groups excluding carboxylic acids is 1. The molecule has 4 nitrogen and oxygen atoms in total. The van der Waals surface area contributed by atoms with Gasteiger partial charge in [-0.2, -0.15) is 0 Å². The topological polar surface area (TPSA) is 34.5 Å². The molecule has 2 rings (SSSR count). The zero-order chi connectivity index (χ0) is 10.8. The van der Waals surface area contributed by atoms with Crippen LogP contribution < -0.4 is 0 Å². The fraction of sp³-hybridized carbons (Fsp3) is 0.500. The van der Waals surface area contributed by atoms with Crippen LogP contribution in [0.4, 0.5) is 4.79 Å². The van der Waals surface area contributed by atoms with Gasteiger partial charge in [-0.1, -0.05) is 0 Å². The first-order valence-electron chi connectivity index (χ1n) is 4.89. The van der Waals surface area contributed by atoms with Crippen molar-refractivity contribution in [2.45, 2.75) is 13.0 Å². The Hall–Kier alpha value is -0.970. The largest absolute Gasteiger partial charge is 0.449 e. The molecule has 1 aromatic rings. The Labute approximate surface area is 96.9 Å². The van der Waals surface area contributed by atoms with Crippen LogP contribution in [0, 0.1) is 0 Å². The maximum atomic E-state index is 11.4. The third kappa shape index (κ3) is 2.34. The Morgan fingerprint density at radius 1 is 1.60 bits per heavy atom. The van der Waals surface area contributed by atoms with Gasteiger partial charge in [0.1, 0.15) is 0 Å². The number of carbonyl (C=O) groups is 1. The van der Waals surface area contributed by atoms with Crippen LogP contribution in [0.5, 0.6) is 0 Å². The average molecular weight is 273 g/mol. The zero-order valence-corrected chi connectivity index (χ0v) is 10.2. The highest BCUT2D eigenvalue weighted by Crippen LogP contribution is 2.17. The molecule has 0 N–H and O–H groups in total. The average Bonchev–Trinajstić information content (AvgIpc) is 2.50. The second-order valence-corrected chi connectivity index (χ2v) is 4.48. The van der Waals surface area contributed by atoms with Gasteiger partial charge in [0, 0.05) is 19.8 Å². The summed E-state index contributed by atoms with van der Waals surface area (Å²) in [6.07, 6.45) is 2.72. The van der Waals surface area contributed by atoms with Gasteiger partial charge in [0.2, 0.25) is 0 Å². The van der Waals surface area contributed by atoms with Crippen molar-refractivity contribution in [3.8, 4) is 0 Å². The van der Waals surface area contributed by atoms with E-state index in [1.165, 1.54) is 0 Å². The predicted octanol–water partition coefficient (Wildman–Crippen LogP) is 2.13. The molecule has 82 valence electrons. The Kier molecular flexibility index (Phi) is 3.00. The molecule has 1 fully saturated rings. The molecular weight excluding hydrogens is 260 g/mol. The lowest BCUT2D eigenvalue weighted by atomic mass is 10.3. The van der Waals surface area contributed by atoms with Gasteiger partial charge in [0.25, 0.3) is 0 Å². The summed E-state index contributed by atoms with van der Waals surface area (Å²) in [6, 6.07) is 2.02. The van der Waals surface area contributed by atoms with E-state index in [0.29, 0.717) is 13.2 Å². The van der Waals surface area contributed by atoms with Crippen LogP contribution in [0.25, 0.3) is 0 Å². The summed E-state index contributed by atoms with van der Waals surface area (Å²) in [5.74, 6) is 0. The first-order chi connectivity index (χ1) is 7.16. The molecule has 0 spiro atoms. The van der Waals surface area contributed by atoms with E-state index in [2.05, 4.69) is 15.9 Å². The molecule has 0 radical (unpaired) electrons. The molecule has 1 aliphatic heterocycles. The number of halogens is 1. The van der Waals surface area contributed by atoms with Crippen LogP contribution in [0.3, 0.4) is 0 Å². The first-order valence-corrected chi connectivity index (χ1v) is 5.68. The highest BCUT2D eigenvalue weighted by Gasteiger charge is 2.19. The lowest BCUT2D eigenvalue weighted by Gasteiger charge is -2.25. The second-order valence-electron chi connectivity index (χ2n) is 3.67. The van der Waals surface area contributed by atoms with Crippen LogP contribution >= 0.6 is 15.9 Å². The molecule has 0 saturated carbocycles. The number of hydrogen-bond donors (Lipinski definition) is 0. The normalized spacial score (nSPS) is 16.7. The number of rotatable bonds is 2. The van der Waals surface area contributed by atoms with E-state index in [-0.39, 0.29) is 6.09 Å². The van der Waals surface area contributed by atoms with Gasteiger partial charge in [-0.3, -0.25) is 0 Å². The number of nitrogens with zero attached hydrogens (tertiary/aromatic N) is 2. The van der Waals surface area contributed by atoms with Gasteiger partial charge in [0.15, 0.2) is 0 Å². The minimum Gasteiger partial charge on any atom is -0.449 e. The molecule has 1 amide bonds. The number of ether oxygens (including phenoxy) is 1. The van der Waals surface area contributed by atoms with E-state index in [4.69, 9.17) is 4.74 Å². The molecule has 15 heavy (non-hydrogen) atoms. The third-order valence-corrected chi connectivity index (χ3v) is 3.22. The zero-order valence-electron chi connectivity index (χ0n) is 8.57. The van der Waals surface area contributed by atoms with Crippen molar-refractivity contribution in [2.75, 3.05) is 13.2 Å². The van der Waals surface area contributed by atoms with Crippen molar-refractivity contribution in [1.82, 2.24) is 9.47 Å². The molecule has 1 aromatic heterocycles. The van der Waals surface area contributed by atoms with Gasteiger partial charge in [-0.05, 0) is 34.0 Å². The Balaban J connectivity index is 2.04. The van der Waals surface area contributed by atoms with Gasteiger partial charge >= 0.3 is 6.09 Å². The van der Waals surface area contributed by atoms with Crippen LogP contribution in [0.2, 0.25) is 0 Å².